The lowest BCUT2D eigenvalue weighted by atomic mass is 9.98. The zero-order valence-electron chi connectivity index (χ0n) is 21.2. The second-order valence-corrected chi connectivity index (χ2v) is 8.89. The number of amides is 1. The highest BCUT2D eigenvalue weighted by Crippen LogP contribution is 2.41. The van der Waals surface area contributed by atoms with Crippen LogP contribution in [0, 0.1) is 18.3 Å². The number of ether oxygens (including phenoxy) is 1. The number of hydrogen-bond donors (Lipinski definition) is 1. The minimum Gasteiger partial charge on any atom is -0.452 e. The number of nitriles is 1. The van der Waals surface area contributed by atoms with Crippen LogP contribution in [0.3, 0.4) is 0 Å². The molecule has 6 nitrogen and oxygen atoms in total. The zero-order valence-corrected chi connectivity index (χ0v) is 21.2. The summed E-state index contributed by atoms with van der Waals surface area (Å²) in [6, 6.07) is 35.7. The van der Waals surface area contributed by atoms with E-state index in [9.17, 15) is 14.9 Å². The molecular formula is C33H24N2O4. The van der Waals surface area contributed by atoms with Crippen molar-refractivity contribution >= 4 is 17.8 Å². The molecule has 6 heteroatoms. The Balaban J connectivity index is 1.37. The van der Waals surface area contributed by atoms with Gasteiger partial charge in [0.05, 0.1) is 5.56 Å². The summed E-state index contributed by atoms with van der Waals surface area (Å²) in [6.07, 6.45) is 0. The average molecular weight is 513 g/mol. The van der Waals surface area contributed by atoms with Crippen LogP contribution in [0.2, 0.25) is 0 Å². The molecule has 0 radical (unpaired) electrons. The maximum atomic E-state index is 12.9. The standard InChI is InChI=1S/C33H24N2O4/c1-22-16-18-23(19-17-22)26-14-8-9-15-27(26)33(37)38-21-29(36)35-32-28(20-34)30(24-10-4-2-5-11-24)31(39-32)25-12-6-3-7-13-25/h2-19H,21H2,1H3,(H,35,36). The number of carbonyl (C=O) groups excluding carboxylic acids is 2. The van der Waals surface area contributed by atoms with Crippen molar-refractivity contribution in [2.75, 3.05) is 11.9 Å². The number of rotatable bonds is 7. The van der Waals surface area contributed by atoms with E-state index < -0.39 is 18.5 Å². The summed E-state index contributed by atoms with van der Waals surface area (Å²) in [5, 5.41) is 12.6. The molecule has 0 atom stereocenters. The molecule has 0 aliphatic heterocycles. The van der Waals surface area contributed by atoms with Gasteiger partial charge >= 0.3 is 5.97 Å². The molecule has 0 fully saturated rings. The van der Waals surface area contributed by atoms with Crippen LogP contribution >= 0.6 is 0 Å². The summed E-state index contributed by atoms with van der Waals surface area (Å²) >= 11 is 0. The second-order valence-electron chi connectivity index (χ2n) is 8.89. The number of nitrogens with one attached hydrogen (secondary N) is 1. The summed E-state index contributed by atoms with van der Waals surface area (Å²) in [7, 11) is 0. The number of aryl methyl sites for hydroxylation is 1. The van der Waals surface area contributed by atoms with Gasteiger partial charge in [-0.1, -0.05) is 109 Å². The van der Waals surface area contributed by atoms with E-state index in [0.29, 0.717) is 22.5 Å². The van der Waals surface area contributed by atoms with Crippen LogP contribution in [0.4, 0.5) is 5.88 Å². The number of carbonyl (C=O) groups is 2. The molecule has 4 aromatic carbocycles. The predicted molar refractivity (Wildman–Crippen MR) is 150 cm³/mol. The number of benzene rings is 4. The van der Waals surface area contributed by atoms with E-state index in [1.807, 2.05) is 104 Å². The lowest BCUT2D eigenvalue weighted by Crippen LogP contribution is -2.21. The molecule has 0 aliphatic carbocycles. The van der Waals surface area contributed by atoms with Crippen LogP contribution in [-0.4, -0.2) is 18.5 Å². The minimum atomic E-state index is -0.628. The van der Waals surface area contributed by atoms with Crippen LogP contribution in [0.5, 0.6) is 0 Å². The highest BCUT2D eigenvalue weighted by atomic mass is 16.5. The molecule has 5 rings (SSSR count). The SMILES string of the molecule is Cc1ccc(-c2ccccc2C(=O)OCC(=O)Nc2oc(-c3ccccc3)c(-c3ccccc3)c2C#N)cc1. The third-order valence-electron chi connectivity index (χ3n) is 6.22. The summed E-state index contributed by atoms with van der Waals surface area (Å²) in [6.45, 7) is 1.44. The van der Waals surface area contributed by atoms with E-state index in [1.165, 1.54) is 0 Å². The molecule has 0 saturated carbocycles. The van der Waals surface area contributed by atoms with Crippen LogP contribution in [0.15, 0.2) is 114 Å². The van der Waals surface area contributed by atoms with Crippen LogP contribution in [-0.2, 0) is 9.53 Å². The van der Waals surface area contributed by atoms with Crippen LogP contribution < -0.4 is 5.32 Å². The molecule has 0 unspecified atom stereocenters. The molecule has 0 saturated heterocycles. The first-order chi connectivity index (χ1) is 19.0. The van der Waals surface area contributed by atoms with Crippen molar-refractivity contribution in [3.05, 3.63) is 126 Å². The summed E-state index contributed by atoms with van der Waals surface area (Å²) in [5.41, 5.74) is 5.32. The van der Waals surface area contributed by atoms with Gasteiger partial charge in [0.15, 0.2) is 6.61 Å². The summed E-state index contributed by atoms with van der Waals surface area (Å²) in [5.74, 6) is -0.800. The van der Waals surface area contributed by atoms with Crippen molar-refractivity contribution in [1.82, 2.24) is 0 Å². The van der Waals surface area contributed by atoms with Gasteiger partial charge < -0.3 is 9.15 Å². The van der Waals surface area contributed by atoms with E-state index in [0.717, 1.165) is 22.3 Å². The van der Waals surface area contributed by atoms with E-state index in [2.05, 4.69) is 11.4 Å². The van der Waals surface area contributed by atoms with Gasteiger partial charge in [-0.25, -0.2) is 4.79 Å². The van der Waals surface area contributed by atoms with Gasteiger partial charge in [-0.05, 0) is 29.7 Å². The minimum absolute atomic E-state index is 0.00342. The van der Waals surface area contributed by atoms with Gasteiger partial charge in [0.1, 0.15) is 17.4 Å². The van der Waals surface area contributed by atoms with Crippen molar-refractivity contribution in [1.29, 1.82) is 5.26 Å². The van der Waals surface area contributed by atoms with Gasteiger partial charge in [-0.15, -0.1) is 0 Å². The zero-order chi connectivity index (χ0) is 27.2. The fraction of sp³-hybridized carbons (Fsp3) is 0.0606. The van der Waals surface area contributed by atoms with E-state index in [4.69, 9.17) is 9.15 Å². The molecule has 190 valence electrons. The largest absolute Gasteiger partial charge is 0.452 e. The summed E-state index contributed by atoms with van der Waals surface area (Å²) < 4.78 is 11.4. The fourth-order valence-electron chi connectivity index (χ4n) is 4.32. The third-order valence-corrected chi connectivity index (χ3v) is 6.22. The van der Waals surface area contributed by atoms with E-state index in [1.54, 1.807) is 12.1 Å². The monoisotopic (exact) mass is 512 g/mol. The van der Waals surface area contributed by atoms with Crippen molar-refractivity contribution in [3.63, 3.8) is 0 Å². The molecule has 1 amide bonds. The Hall–Kier alpha value is -5.41. The molecule has 0 spiro atoms. The first-order valence-electron chi connectivity index (χ1n) is 12.4. The van der Waals surface area contributed by atoms with Gasteiger partial charge in [0, 0.05) is 11.1 Å². The van der Waals surface area contributed by atoms with Crippen molar-refractivity contribution in [2.24, 2.45) is 0 Å². The van der Waals surface area contributed by atoms with Crippen molar-refractivity contribution < 1.29 is 18.7 Å². The number of anilines is 1. The molecule has 0 bridgehead atoms. The first kappa shape index (κ1) is 25.2. The molecule has 39 heavy (non-hydrogen) atoms. The Morgan fingerprint density at radius 3 is 2.08 bits per heavy atom. The topological polar surface area (TPSA) is 92.3 Å². The highest BCUT2D eigenvalue weighted by Gasteiger charge is 2.24. The predicted octanol–water partition coefficient (Wildman–Crippen LogP) is 7.26. The molecule has 1 aromatic heterocycles. The van der Waals surface area contributed by atoms with Crippen molar-refractivity contribution in [3.8, 4) is 39.6 Å². The Labute approximate surface area is 226 Å². The third kappa shape index (κ3) is 5.48. The molecule has 5 aromatic rings. The van der Waals surface area contributed by atoms with Crippen LogP contribution in [0.25, 0.3) is 33.6 Å². The normalized spacial score (nSPS) is 10.5. The highest BCUT2D eigenvalue weighted by molar-refractivity contribution is 6.00. The molecule has 0 aliphatic rings. The lowest BCUT2D eigenvalue weighted by Gasteiger charge is -2.10. The van der Waals surface area contributed by atoms with E-state index in [-0.39, 0.29) is 11.4 Å². The van der Waals surface area contributed by atoms with Gasteiger partial charge in [-0.3, -0.25) is 10.1 Å². The Bertz CT molecular complexity index is 1670. The first-order valence-corrected chi connectivity index (χ1v) is 12.4. The quantitative estimate of drug-likeness (QED) is 0.232. The Kier molecular flexibility index (Phi) is 7.33. The number of furan rings is 1. The van der Waals surface area contributed by atoms with Crippen molar-refractivity contribution in [2.45, 2.75) is 6.92 Å². The van der Waals surface area contributed by atoms with E-state index >= 15 is 0 Å². The number of esters is 1. The van der Waals surface area contributed by atoms with Gasteiger partial charge in [-0.2, -0.15) is 5.26 Å². The maximum absolute atomic E-state index is 12.9. The smallest absolute Gasteiger partial charge is 0.339 e. The average Bonchev–Trinajstić information content (AvgIpc) is 3.35. The molecule has 1 heterocycles. The van der Waals surface area contributed by atoms with Crippen LogP contribution in [0.1, 0.15) is 21.5 Å². The molecular weight excluding hydrogens is 488 g/mol. The Morgan fingerprint density at radius 2 is 1.41 bits per heavy atom. The summed E-state index contributed by atoms with van der Waals surface area (Å²) in [4.78, 5) is 25.8. The second kappa shape index (κ2) is 11.3. The fourth-order valence-corrected chi connectivity index (χ4v) is 4.32. The Morgan fingerprint density at radius 1 is 0.795 bits per heavy atom. The number of hydrogen-bond acceptors (Lipinski definition) is 5. The number of nitrogens with zero attached hydrogens (tertiary/aromatic N) is 1. The molecule has 1 N–H and O–H groups in total. The maximum Gasteiger partial charge on any atom is 0.339 e. The van der Waals surface area contributed by atoms with Gasteiger partial charge in [0.2, 0.25) is 5.88 Å². The lowest BCUT2D eigenvalue weighted by molar-refractivity contribution is -0.119. The van der Waals surface area contributed by atoms with Gasteiger partial charge in [0.25, 0.3) is 5.91 Å².